The molecule has 0 saturated carbocycles. The van der Waals surface area contributed by atoms with Gasteiger partial charge in [-0.25, -0.2) is 4.79 Å². The molecule has 0 aliphatic rings. The number of rotatable bonds is 5. The smallest absolute Gasteiger partial charge is 0.328 e. The fourth-order valence-electron chi connectivity index (χ4n) is 1.44. The maximum atomic E-state index is 10.5. The van der Waals surface area contributed by atoms with Gasteiger partial charge in [-0.05, 0) is 31.1 Å². The summed E-state index contributed by atoms with van der Waals surface area (Å²) in [6.45, 7) is 3.64. The highest BCUT2D eigenvalue weighted by molar-refractivity contribution is 5.85. The largest absolute Gasteiger partial charge is 0.481 e. The Balaban J connectivity index is 2.91. The lowest BCUT2D eigenvalue weighted by Crippen LogP contribution is -1.97. The first kappa shape index (κ1) is 13.0. The van der Waals surface area contributed by atoms with E-state index in [1.54, 1.807) is 0 Å². The van der Waals surface area contributed by atoms with E-state index in [4.69, 9.17) is 14.6 Å². The van der Waals surface area contributed by atoms with Crippen LogP contribution in [-0.4, -0.2) is 22.2 Å². The molecule has 0 radical (unpaired) electrons. The summed E-state index contributed by atoms with van der Waals surface area (Å²) in [4.78, 5) is 20.8. The number of aliphatic carboxylic acids is 2. The molecule has 17 heavy (non-hydrogen) atoms. The lowest BCUT2D eigenvalue weighted by Gasteiger charge is -1.94. The maximum Gasteiger partial charge on any atom is 0.328 e. The molecule has 0 spiro atoms. The fourth-order valence-corrected chi connectivity index (χ4v) is 1.44. The third-order valence-electron chi connectivity index (χ3n) is 2.53. The van der Waals surface area contributed by atoms with Crippen molar-refractivity contribution in [1.29, 1.82) is 0 Å². The molecule has 0 aromatic carbocycles. The van der Waals surface area contributed by atoms with E-state index in [1.807, 2.05) is 13.8 Å². The van der Waals surface area contributed by atoms with Crippen LogP contribution >= 0.6 is 0 Å². The Kier molecular flexibility index (Phi) is 4.09. The van der Waals surface area contributed by atoms with Gasteiger partial charge in [0.15, 0.2) is 0 Å². The Morgan fingerprint density at radius 1 is 1.24 bits per heavy atom. The monoisotopic (exact) mass is 238 g/mol. The first-order valence-electron chi connectivity index (χ1n) is 5.13. The Labute approximate surface area is 98.4 Å². The van der Waals surface area contributed by atoms with Gasteiger partial charge >= 0.3 is 11.9 Å². The molecule has 0 amide bonds. The molecule has 1 aromatic heterocycles. The van der Waals surface area contributed by atoms with Crippen molar-refractivity contribution in [1.82, 2.24) is 0 Å². The van der Waals surface area contributed by atoms with Crippen LogP contribution in [-0.2, 0) is 16.0 Å². The molecule has 5 nitrogen and oxygen atoms in total. The van der Waals surface area contributed by atoms with Crippen LogP contribution < -0.4 is 0 Å². The Morgan fingerprint density at radius 2 is 1.88 bits per heavy atom. The van der Waals surface area contributed by atoms with Gasteiger partial charge < -0.3 is 14.6 Å². The van der Waals surface area contributed by atoms with Crippen LogP contribution in [0.2, 0.25) is 0 Å². The van der Waals surface area contributed by atoms with Crippen molar-refractivity contribution in [2.45, 2.75) is 26.7 Å². The molecule has 0 saturated heterocycles. The first-order chi connectivity index (χ1) is 7.91. The van der Waals surface area contributed by atoms with E-state index in [2.05, 4.69) is 0 Å². The summed E-state index contributed by atoms with van der Waals surface area (Å²) in [5, 5.41) is 17.1. The summed E-state index contributed by atoms with van der Waals surface area (Å²) in [6, 6.07) is 0. The van der Waals surface area contributed by atoms with Gasteiger partial charge in [0.25, 0.3) is 0 Å². The van der Waals surface area contributed by atoms with Crippen LogP contribution in [0.15, 0.2) is 10.5 Å². The second kappa shape index (κ2) is 5.34. The number of carboxylic acid groups (broad SMARTS) is 2. The minimum absolute atomic E-state index is 0.00409. The number of hydrogen-bond acceptors (Lipinski definition) is 3. The molecule has 0 aliphatic heterocycles. The van der Waals surface area contributed by atoms with E-state index >= 15 is 0 Å². The summed E-state index contributed by atoms with van der Waals surface area (Å²) in [5.74, 6) is -0.883. The average molecular weight is 238 g/mol. The minimum atomic E-state index is -1.05. The number of aryl methyl sites for hydroxylation is 1. The molecule has 92 valence electrons. The normalized spacial score (nSPS) is 10.9. The van der Waals surface area contributed by atoms with E-state index in [0.29, 0.717) is 17.9 Å². The zero-order valence-electron chi connectivity index (χ0n) is 9.69. The highest BCUT2D eigenvalue weighted by Crippen LogP contribution is 2.23. The van der Waals surface area contributed by atoms with Crippen LogP contribution in [0.4, 0.5) is 0 Å². The maximum absolute atomic E-state index is 10.5. The van der Waals surface area contributed by atoms with E-state index in [1.165, 1.54) is 6.08 Å². The van der Waals surface area contributed by atoms with Gasteiger partial charge in [-0.2, -0.15) is 0 Å². The molecule has 5 heteroatoms. The molecule has 1 aromatic rings. The third-order valence-corrected chi connectivity index (χ3v) is 2.53. The average Bonchev–Trinajstić information content (AvgIpc) is 2.51. The second-order valence-corrected chi connectivity index (χ2v) is 3.70. The van der Waals surface area contributed by atoms with Gasteiger partial charge in [0.1, 0.15) is 11.5 Å². The van der Waals surface area contributed by atoms with E-state index < -0.39 is 11.9 Å². The van der Waals surface area contributed by atoms with Crippen molar-refractivity contribution in [2.24, 2.45) is 0 Å². The minimum Gasteiger partial charge on any atom is -0.481 e. The molecule has 0 unspecified atom stereocenters. The second-order valence-electron chi connectivity index (χ2n) is 3.70. The lowest BCUT2D eigenvalue weighted by atomic mass is 10.1. The summed E-state index contributed by atoms with van der Waals surface area (Å²) in [6.07, 6.45) is 2.67. The quantitative estimate of drug-likeness (QED) is 0.766. The highest BCUT2D eigenvalue weighted by atomic mass is 16.4. The predicted molar refractivity (Wildman–Crippen MR) is 60.8 cm³/mol. The molecule has 0 atom stereocenters. The van der Waals surface area contributed by atoms with Crippen molar-refractivity contribution in [2.75, 3.05) is 0 Å². The van der Waals surface area contributed by atoms with Crippen molar-refractivity contribution in [3.05, 3.63) is 28.7 Å². The van der Waals surface area contributed by atoms with Crippen LogP contribution in [0.5, 0.6) is 0 Å². The molecule has 0 fully saturated rings. The van der Waals surface area contributed by atoms with E-state index in [0.717, 1.165) is 17.2 Å². The number of carbonyl (C=O) groups is 2. The van der Waals surface area contributed by atoms with Crippen molar-refractivity contribution in [3.8, 4) is 0 Å². The molecule has 1 heterocycles. The van der Waals surface area contributed by atoms with Crippen LogP contribution in [0.3, 0.4) is 0 Å². The van der Waals surface area contributed by atoms with Crippen LogP contribution in [0.1, 0.15) is 29.1 Å². The SMILES string of the molecule is Cc1c(/C=C/C(=O)O)oc(CCC(=O)O)c1C. The zero-order chi connectivity index (χ0) is 13.0. The van der Waals surface area contributed by atoms with Crippen molar-refractivity contribution in [3.63, 3.8) is 0 Å². The fraction of sp³-hybridized carbons (Fsp3) is 0.333. The van der Waals surface area contributed by atoms with E-state index in [9.17, 15) is 9.59 Å². The summed E-state index contributed by atoms with van der Waals surface area (Å²) in [5.41, 5.74) is 1.71. The van der Waals surface area contributed by atoms with Crippen molar-refractivity contribution < 1.29 is 24.2 Å². The van der Waals surface area contributed by atoms with Gasteiger partial charge in [0.2, 0.25) is 0 Å². The molecule has 2 N–H and O–H groups in total. The Bertz CT molecular complexity index is 467. The van der Waals surface area contributed by atoms with Gasteiger partial charge in [-0.3, -0.25) is 4.79 Å². The van der Waals surface area contributed by atoms with Crippen LogP contribution in [0.25, 0.3) is 6.08 Å². The number of carboxylic acids is 2. The molecule has 0 bridgehead atoms. The van der Waals surface area contributed by atoms with Gasteiger partial charge in [-0.1, -0.05) is 0 Å². The third kappa shape index (κ3) is 3.48. The molecule has 0 aliphatic carbocycles. The van der Waals surface area contributed by atoms with Gasteiger partial charge in [-0.15, -0.1) is 0 Å². The lowest BCUT2D eigenvalue weighted by molar-refractivity contribution is -0.137. The van der Waals surface area contributed by atoms with Gasteiger partial charge in [0, 0.05) is 12.5 Å². The molecule has 1 rings (SSSR count). The summed E-state index contributed by atoms with van der Waals surface area (Å²) >= 11 is 0. The highest BCUT2D eigenvalue weighted by Gasteiger charge is 2.12. The number of furan rings is 1. The summed E-state index contributed by atoms with van der Waals surface area (Å²) < 4.78 is 5.43. The predicted octanol–water partition coefficient (Wildman–Crippen LogP) is 2.01. The standard InChI is InChI=1S/C12H14O5/c1-7-8(2)10(4-6-12(15)16)17-9(7)3-5-11(13)14/h3,5H,4,6H2,1-2H3,(H,13,14)(H,15,16)/b5-3+. The van der Waals surface area contributed by atoms with Crippen LogP contribution in [0, 0.1) is 13.8 Å². The zero-order valence-corrected chi connectivity index (χ0v) is 9.69. The molecular formula is C12H14O5. The Hall–Kier alpha value is -2.04. The van der Waals surface area contributed by atoms with Crippen molar-refractivity contribution >= 4 is 18.0 Å². The van der Waals surface area contributed by atoms with E-state index in [-0.39, 0.29) is 6.42 Å². The van der Waals surface area contributed by atoms with Gasteiger partial charge in [0.05, 0.1) is 6.42 Å². The molecular weight excluding hydrogens is 224 g/mol. The summed E-state index contributed by atoms with van der Waals surface area (Å²) in [7, 11) is 0. The number of hydrogen-bond donors (Lipinski definition) is 2. The first-order valence-corrected chi connectivity index (χ1v) is 5.13. The Morgan fingerprint density at radius 3 is 2.41 bits per heavy atom. The topological polar surface area (TPSA) is 87.7 Å².